The fraction of sp³-hybridized carbons (Fsp3) is 0.435. The zero-order chi connectivity index (χ0) is 22.5. The molecule has 1 N–H and O–H groups in total. The predicted molar refractivity (Wildman–Crippen MR) is 126 cm³/mol. The van der Waals surface area contributed by atoms with Gasteiger partial charge in [-0.2, -0.15) is 10.2 Å². The van der Waals surface area contributed by atoms with E-state index in [4.69, 9.17) is 5.10 Å². The van der Waals surface area contributed by atoms with Crippen LogP contribution in [0.1, 0.15) is 35.6 Å². The largest absolute Gasteiger partial charge is 0.302 e. The van der Waals surface area contributed by atoms with Gasteiger partial charge in [-0.05, 0) is 74.7 Å². The van der Waals surface area contributed by atoms with E-state index in [1.165, 1.54) is 17.2 Å². The van der Waals surface area contributed by atoms with Crippen LogP contribution in [0, 0.1) is 13.8 Å². The van der Waals surface area contributed by atoms with Crippen molar-refractivity contribution >= 4 is 26.4 Å². The van der Waals surface area contributed by atoms with Gasteiger partial charge in [0.2, 0.25) is 0 Å². The van der Waals surface area contributed by atoms with E-state index in [2.05, 4.69) is 52.1 Å². The Labute approximate surface area is 187 Å². The molecule has 1 fully saturated rings. The van der Waals surface area contributed by atoms with Crippen LogP contribution in [0.15, 0.2) is 30.7 Å². The van der Waals surface area contributed by atoms with Crippen LogP contribution in [-0.2, 0) is 9.84 Å². The second kappa shape index (κ2) is 7.97. The van der Waals surface area contributed by atoms with Crippen LogP contribution in [0.2, 0.25) is 0 Å². The molecule has 1 aromatic carbocycles. The summed E-state index contributed by atoms with van der Waals surface area (Å²) >= 11 is 0. The lowest BCUT2D eigenvalue weighted by molar-refractivity contribution is 0.222. The molecule has 0 bridgehead atoms. The van der Waals surface area contributed by atoms with Gasteiger partial charge in [-0.15, -0.1) is 0 Å². The molecule has 3 aromatic heterocycles. The van der Waals surface area contributed by atoms with Crippen LogP contribution < -0.4 is 0 Å². The lowest BCUT2D eigenvalue weighted by Gasteiger charge is -2.31. The molecule has 0 spiro atoms. The van der Waals surface area contributed by atoms with Crippen LogP contribution in [0.4, 0.5) is 0 Å². The maximum absolute atomic E-state index is 11.5. The van der Waals surface area contributed by atoms with Crippen molar-refractivity contribution < 1.29 is 8.42 Å². The number of aromatic amines is 1. The lowest BCUT2D eigenvalue weighted by atomic mass is 9.90. The molecule has 8 nitrogen and oxygen atoms in total. The van der Waals surface area contributed by atoms with Crippen LogP contribution in [0.5, 0.6) is 0 Å². The Balaban J connectivity index is 1.40. The highest BCUT2D eigenvalue weighted by atomic mass is 32.2. The number of likely N-dealkylation sites (tertiary alicyclic amines) is 1. The van der Waals surface area contributed by atoms with Gasteiger partial charge in [0.1, 0.15) is 16.2 Å². The summed E-state index contributed by atoms with van der Waals surface area (Å²) in [6.45, 7) is 6.62. The number of pyridine rings is 1. The minimum Gasteiger partial charge on any atom is -0.302 e. The molecule has 0 amide bonds. The van der Waals surface area contributed by atoms with E-state index in [1.807, 2.05) is 10.7 Å². The number of aryl methyl sites for hydroxylation is 2. The summed E-state index contributed by atoms with van der Waals surface area (Å²) in [5, 5.41) is 13.4. The molecule has 0 atom stereocenters. The SMILES string of the molecule is Cc1cc2c(C3CCN(CCS(C)(=O)=O)CC3)n[nH]c2cc1-c1cc(C)c2ncnn2c1. The highest BCUT2D eigenvalue weighted by molar-refractivity contribution is 7.90. The number of piperidine rings is 1. The quantitative estimate of drug-likeness (QED) is 0.500. The van der Waals surface area contributed by atoms with Crippen molar-refractivity contribution in [1.82, 2.24) is 29.7 Å². The zero-order valence-electron chi connectivity index (χ0n) is 18.7. The van der Waals surface area contributed by atoms with Crippen LogP contribution in [0.25, 0.3) is 27.7 Å². The Kier molecular flexibility index (Phi) is 5.25. The van der Waals surface area contributed by atoms with Gasteiger partial charge in [0, 0.05) is 35.9 Å². The van der Waals surface area contributed by atoms with E-state index in [9.17, 15) is 8.42 Å². The standard InChI is InChI=1S/C23H28N6O2S/c1-15-11-20-21(12-19(15)18-10-16(2)23-24-14-25-29(23)13-18)26-27-22(20)17-4-6-28(7-5-17)8-9-32(3,30)31/h10-14,17H,4-9H2,1-3H3,(H,26,27). The Morgan fingerprint density at radius 3 is 2.66 bits per heavy atom. The smallest absolute Gasteiger partial charge is 0.158 e. The molecular formula is C23H28N6O2S. The van der Waals surface area contributed by atoms with Gasteiger partial charge in [0.15, 0.2) is 5.65 Å². The summed E-state index contributed by atoms with van der Waals surface area (Å²) < 4.78 is 24.7. The minimum absolute atomic E-state index is 0.227. The lowest BCUT2D eigenvalue weighted by Crippen LogP contribution is -2.36. The van der Waals surface area contributed by atoms with Crippen molar-refractivity contribution in [2.75, 3.05) is 31.6 Å². The average molecular weight is 453 g/mol. The first kappa shape index (κ1) is 21.1. The third-order valence-corrected chi connectivity index (χ3v) is 7.48. The highest BCUT2D eigenvalue weighted by Crippen LogP contribution is 2.35. The molecule has 0 saturated carbocycles. The summed E-state index contributed by atoms with van der Waals surface area (Å²) in [6, 6.07) is 6.57. The second-order valence-electron chi connectivity index (χ2n) is 9.01. The van der Waals surface area contributed by atoms with E-state index in [-0.39, 0.29) is 5.75 Å². The number of hydrogen-bond donors (Lipinski definition) is 1. The summed E-state index contributed by atoms with van der Waals surface area (Å²) in [6.07, 6.45) is 6.89. The molecular weight excluding hydrogens is 424 g/mol. The number of fused-ring (bicyclic) bond motifs is 2. The van der Waals surface area contributed by atoms with E-state index in [1.54, 1.807) is 6.33 Å². The number of nitrogens with zero attached hydrogens (tertiary/aromatic N) is 5. The van der Waals surface area contributed by atoms with Crippen LogP contribution >= 0.6 is 0 Å². The summed E-state index contributed by atoms with van der Waals surface area (Å²) in [7, 11) is -2.92. The molecule has 4 heterocycles. The van der Waals surface area contributed by atoms with Crippen LogP contribution in [0.3, 0.4) is 0 Å². The maximum Gasteiger partial charge on any atom is 0.158 e. The third-order valence-electron chi connectivity index (χ3n) is 6.56. The molecule has 1 aliphatic heterocycles. The molecule has 1 saturated heterocycles. The van der Waals surface area contributed by atoms with E-state index >= 15 is 0 Å². The molecule has 0 unspecified atom stereocenters. The normalized spacial score (nSPS) is 16.3. The molecule has 0 radical (unpaired) electrons. The van der Waals surface area contributed by atoms with Crippen molar-refractivity contribution in [3.8, 4) is 11.1 Å². The molecule has 168 valence electrons. The van der Waals surface area contributed by atoms with E-state index < -0.39 is 9.84 Å². The summed E-state index contributed by atoms with van der Waals surface area (Å²) in [4.78, 5) is 6.56. The molecule has 9 heteroatoms. The first-order chi connectivity index (χ1) is 15.3. The van der Waals surface area contributed by atoms with E-state index in [0.717, 1.165) is 59.5 Å². The van der Waals surface area contributed by atoms with Crippen LogP contribution in [-0.4, -0.2) is 69.8 Å². The fourth-order valence-electron chi connectivity index (χ4n) is 4.78. The van der Waals surface area contributed by atoms with Gasteiger partial charge in [0.05, 0.1) is 17.0 Å². The number of H-pyrrole nitrogens is 1. The minimum atomic E-state index is -2.92. The fourth-order valence-corrected chi connectivity index (χ4v) is 5.37. The number of aromatic nitrogens is 5. The predicted octanol–water partition coefficient (Wildman–Crippen LogP) is 3.11. The summed E-state index contributed by atoms with van der Waals surface area (Å²) in [5.74, 6) is 0.613. The Morgan fingerprint density at radius 1 is 1.12 bits per heavy atom. The third kappa shape index (κ3) is 4.02. The molecule has 5 rings (SSSR count). The first-order valence-electron chi connectivity index (χ1n) is 11.0. The second-order valence-corrected chi connectivity index (χ2v) is 11.3. The topological polar surface area (TPSA) is 96.2 Å². The summed E-state index contributed by atoms with van der Waals surface area (Å²) in [5.41, 5.74) is 7.59. The Morgan fingerprint density at radius 2 is 1.91 bits per heavy atom. The van der Waals surface area contributed by atoms with Gasteiger partial charge in [-0.25, -0.2) is 17.9 Å². The maximum atomic E-state index is 11.5. The van der Waals surface area contributed by atoms with Gasteiger partial charge < -0.3 is 4.90 Å². The molecule has 1 aliphatic rings. The molecule has 32 heavy (non-hydrogen) atoms. The zero-order valence-corrected chi connectivity index (χ0v) is 19.5. The van der Waals surface area contributed by atoms with Crippen molar-refractivity contribution in [2.45, 2.75) is 32.6 Å². The van der Waals surface area contributed by atoms with Crippen molar-refractivity contribution in [3.05, 3.63) is 47.5 Å². The number of hydrogen-bond acceptors (Lipinski definition) is 6. The van der Waals surface area contributed by atoms with Gasteiger partial charge in [-0.3, -0.25) is 5.10 Å². The molecule has 4 aromatic rings. The monoisotopic (exact) mass is 452 g/mol. The highest BCUT2D eigenvalue weighted by Gasteiger charge is 2.25. The Bertz CT molecular complexity index is 1400. The van der Waals surface area contributed by atoms with Crippen molar-refractivity contribution in [1.29, 1.82) is 0 Å². The van der Waals surface area contributed by atoms with Gasteiger partial charge in [0.25, 0.3) is 0 Å². The average Bonchev–Trinajstić information content (AvgIpc) is 3.38. The van der Waals surface area contributed by atoms with Crippen molar-refractivity contribution in [3.63, 3.8) is 0 Å². The van der Waals surface area contributed by atoms with E-state index in [0.29, 0.717) is 12.5 Å². The Hall–Kier alpha value is -2.78. The number of sulfone groups is 1. The number of rotatable bonds is 5. The molecule has 0 aliphatic carbocycles. The number of nitrogens with one attached hydrogen (secondary N) is 1. The van der Waals surface area contributed by atoms with Gasteiger partial charge in [-0.1, -0.05) is 0 Å². The van der Waals surface area contributed by atoms with Crippen molar-refractivity contribution in [2.24, 2.45) is 0 Å². The first-order valence-corrected chi connectivity index (χ1v) is 13.0. The van der Waals surface area contributed by atoms with Gasteiger partial charge >= 0.3 is 0 Å². The number of benzene rings is 1.